The highest BCUT2D eigenvalue weighted by Gasteiger charge is 2.04. The average Bonchev–Trinajstić information content (AvgIpc) is 2.30. The standard InChI is InChI=1S/C14H13FO3S/c1-10(16)19-7-3-2-4-12-6-5-11(8-13(12)15)9-14(17)18/h5-6,8H,3,7,9H2,1H3,(H,17,18). The van der Waals surface area contributed by atoms with Crippen LogP contribution in [0.25, 0.3) is 0 Å². The van der Waals surface area contributed by atoms with Crippen LogP contribution in [-0.4, -0.2) is 21.9 Å². The van der Waals surface area contributed by atoms with Crippen molar-refractivity contribution in [3.8, 4) is 11.8 Å². The second-order valence-corrected chi connectivity index (χ2v) is 5.05. The van der Waals surface area contributed by atoms with Crippen molar-refractivity contribution in [1.29, 1.82) is 0 Å². The minimum Gasteiger partial charge on any atom is -0.481 e. The maximum absolute atomic E-state index is 13.6. The first-order valence-corrected chi connectivity index (χ1v) is 6.60. The van der Waals surface area contributed by atoms with E-state index in [-0.39, 0.29) is 17.1 Å². The van der Waals surface area contributed by atoms with Crippen molar-refractivity contribution in [2.75, 3.05) is 5.75 Å². The summed E-state index contributed by atoms with van der Waals surface area (Å²) in [5, 5.41) is 8.63. The number of hydrogen-bond donors (Lipinski definition) is 1. The zero-order chi connectivity index (χ0) is 14.3. The van der Waals surface area contributed by atoms with Crippen molar-refractivity contribution >= 4 is 22.8 Å². The summed E-state index contributed by atoms with van der Waals surface area (Å²) in [6.45, 7) is 1.49. The molecule has 0 fully saturated rings. The molecular weight excluding hydrogens is 267 g/mol. The van der Waals surface area contributed by atoms with Crippen LogP contribution in [0, 0.1) is 17.7 Å². The average molecular weight is 280 g/mol. The number of carbonyl (C=O) groups excluding carboxylic acids is 1. The lowest BCUT2D eigenvalue weighted by Gasteiger charge is -1.99. The summed E-state index contributed by atoms with van der Waals surface area (Å²) >= 11 is 1.18. The number of hydrogen-bond acceptors (Lipinski definition) is 3. The fraction of sp³-hybridized carbons (Fsp3) is 0.286. The molecule has 0 spiro atoms. The van der Waals surface area contributed by atoms with Gasteiger partial charge in [0.25, 0.3) is 0 Å². The number of benzene rings is 1. The van der Waals surface area contributed by atoms with Gasteiger partial charge in [-0.15, -0.1) is 0 Å². The summed E-state index contributed by atoms with van der Waals surface area (Å²) in [5.41, 5.74) is 0.643. The van der Waals surface area contributed by atoms with Crippen molar-refractivity contribution in [3.63, 3.8) is 0 Å². The molecule has 0 saturated carbocycles. The van der Waals surface area contributed by atoms with Gasteiger partial charge in [-0.05, 0) is 17.7 Å². The van der Waals surface area contributed by atoms with E-state index < -0.39 is 11.8 Å². The highest BCUT2D eigenvalue weighted by Crippen LogP contribution is 2.10. The molecule has 100 valence electrons. The van der Waals surface area contributed by atoms with E-state index >= 15 is 0 Å². The molecule has 3 nitrogen and oxygen atoms in total. The van der Waals surface area contributed by atoms with E-state index in [0.717, 1.165) is 0 Å². The van der Waals surface area contributed by atoms with Crippen LogP contribution in [0.5, 0.6) is 0 Å². The van der Waals surface area contributed by atoms with Gasteiger partial charge >= 0.3 is 5.97 Å². The number of halogens is 1. The highest BCUT2D eigenvalue weighted by atomic mass is 32.2. The molecule has 1 N–H and O–H groups in total. The molecule has 19 heavy (non-hydrogen) atoms. The predicted molar refractivity (Wildman–Crippen MR) is 72.4 cm³/mol. The zero-order valence-electron chi connectivity index (χ0n) is 10.4. The Morgan fingerprint density at radius 3 is 2.74 bits per heavy atom. The SMILES string of the molecule is CC(=O)SCCC#Cc1ccc(CC(=O)O)cc1F. The number of carbonyl (C=O) groups is 2. The molecular formula is C14H13FO3S. The smallest absolute Gasteiger partial charge is 0.307 e. The molecule has 0 unspecified atom stereocenters. The topological polar surface area (TPSA) is 54.4 Å². The molecule has 1 aromatic carbocycles. The Bertz CT molecular complexity index is 543. The van der Waals surface area contributed by atoms with Gasteiger partial charge in [-0.2, -0.15) is 0 Å². The monoisotopic (exact) mass is 280 g/mol. The summed E-state index contributed by atoms with van der Waals surface area (Å²) in [6.07, 6.45) is 0.292. The number of aliphatic carboxylic acids is 1. The van der Waals surface area contributed by atoms with Crippen LogP contribution in [0.1, 0.15) is 24.5 Å². The van der Waals surface area contributed by atoms with E-state index in [9.17, 15) is 14.0 Å². The van der Waals surface area contributed by atoms with E-state index in [1.165, 1.54) is 30.8 Å². The molecule has 0 radical (unpaired) electrons. The minimum absolute atomic E-state index is 0.0333. The lowest BCUT2D eigenvalue weighted by molar-refractivity contribution is -0.136. The molecule has 0 atom stereocenters. The molecule has 0 amide bonds. The summed E-state index contributed by atoms with van der Waals surface area (Å²) in [5.74, 6) is 4.51. The van der Waals surface area contributed by atoms with Gasteiger partial charge in [-0.1, -0.05) is 29.7 Å². The predicted octanol–water partition coefficient (Wildman–Crippen LogP) is 2.47. The second-order valence-electron chi connectivity index (χ2n) is 3.78. The van der Waals surface area contributed by atoms with Gasteiger partial charge in [0.05, 0.1) is 12.0 Å². The Morgan fingerprint density at radius 1 is 1.42 bits per heavy atom. The lowest BCUT2D eigenvalue weighted by atomic mass is 10.1. The van der Waals surface area contributed by atoms with Gasteiger partial charge in [-0.25, -0.2) is 4.39 Å². The Kier molecular flexibility index (Phi) is 6.10. The Morgan fingerprint density at radius 2 is 2.16 bits per heavy atom. The first kappa shape index (κ1) is 15.3. The molecule has 0 aliphatic heterocycles. The molecule has 1 rings (SSSR count). The normalized spacial score (nSPS) is 9.58. The third-order valence-corrected chi connectivity index (χ3v) is 2.96. The van der Waals surface area contributed by atoms with Crippen LogP contribution in [0.3, 0.4) is 0 Å². The van der Waals surface area contributed by atoms with Crippen LogP contribution in [-0.2, 0) is 16.0 Å². The quantitative estimate of drug-likeness (QED) is 0.680. The molecule has 0 aliphatic carbocycles. The van der Waals surface area contributed by atoms with Crippen molar-refractivity contribution in [2.24, 2.45) is 0 Å². The Labute approximate surface area is 115 Å². The second kappa shape index (κ2) is 7.59. The van der Waals surface area contributed by atoms with Gasteiger partial charge in [0, 0.05) is 19.1 Å². The number of carboxylic acids is 1. The summed E-state index contributed by atoms with van der Waals surface area (Å²) in [4.78, 5) is 21.1. The Hall–Kier alpha value is -1.80. The maximum Gasteiger partial charge on any atom is 0.307 e. The van der Waals surface area contributed by atoms with Gasteiger partial charge < -0.3 is 5.11 Å². The van der Waals surface area contributed by atoms with Crippen molar-refractivity contribution in [1.82, 2.24) is 0 Å². The van der Waals surface area contributed by atoms with Crippen LogP contribution in [0.15, 0.2) is 18.2 Å². The van der Waals surface area contributed by atoms with E-state index in [1.54, 1.807) is 6.07 Å². The van der Waals surface area contributed by atoms with Gasteiger partial charge in [0.15, 0.2) is 5.12 Å². The molecule has 5 heteroatoms. The van der Waals surface area contributed by atoms with E-state index in [4.69, 9.17) is 5.11 Å². The van der Waals surface area contributed by atoms with Crippen molar-refractivity contribution < 1.29 is 19.1 Å². The molecule has 0 aromatic heterocycles. The maximum atomic E-state index is 13.6. The van der Waals surface area contributed by atoms with E-state index in [2.05, 4.69) is 11.8 Å². The third kappa shape index (κ3) is 6.07. The van der Waals surface area contributed by atoms with Crippen molar-refractivity contribution in [3.05, 3.63) is 35.1 Å². The first-order chi connectivity index (χ1) is 8.99. The zero-order valence-corrected chi connectivity index (χ0v) is 11.2. The summed E-state index contributed by atoms with van der Waals surface area (Å²) in [7, 11) is 0. The third-order valence-electron chi connectivity index (χ3n) is 2.14. The Balaban J connectivity index is 2.62. The molecule has 0 heterocycles. The van der Waals surface area contributed by atoms with Crippen LogP contribution >= 0.6 is 11.8 Å². The molecule has 0 saturated heterocycles. The van der Waals surface area contributed by atoms with Gasteiger partial charge in [0.1, 0.15) is 5.82 Å². The number of rotatable bonds is 4. The fourth-order valence-electron chi connectivity index (χ4n) is 1.35. The van der Waals surface area contributed by atoms with E-state index in [1.807, 2.05) is 0 Å². The molecule has 0 bridgehead atoms. The first-order valence-electron chi connectivity index (χ1n) is 5.61. The minimum atomic E-state index is -1.00. The summed E-state index contributed by atoms with van der Waals surface area (Å²) < 4.78 is 13.6. The fourth-order valence-corrected chi connectivity index (χ4v) is 1.84. The lowest BCUT2D eigenvalue weighted by Crippen LogP contribution is -2.00. The number of thioether (sulfide) groups is 1. The van der Waals surface area contributed by atoms with Gasteiger partial charge in [0.2, 0.25) is 0 Å². The van der Waals surface area contributed by atoms with Gasteiger partial charge in [-0.3, -0.25) is 9.59 Å². The van der Waals surface area contributed by atoms with E-state index in [0.29, 0.717) is 17.7 Å². The van der Waals surface area contributed by atoms with Crippen LogP contribution in [0.2, 0.25) is 0 Å². The molecule has 0 aliphatic rings. The molecule has 1 aromatic rings. The van der Waals surface area contributed by atoms with Crippen LogP contribution < -0.4 is 0 Å². The van der Waals surface area contributed by atoms with Crippen LogP contribution in [0.4, 0.5) is 4.39 Å². The summed E-state index contributed by atoms with van der Waals surface area (Å²) in [6, 6.07) is 4.20. The largest absolute Gasteiger partial charge is 0.481 e. The number of carboxylic acid groups (broad SMARTS) is 1. The van der Waals surface area contributed by atoms with Crippen molar-refractivity contribution in [2.45, 2.75) is 19.8 Å². The highest BCUT2D eigenvalue weighted by molar-refractivity contribution is 8.13.